The molecule has 0 saturated carbocycles. The van der Waals surface area contributed by atoms with Crippen molar-refractivity contribution in [1.29, 1.82) is 0 Å². The van der Waals surface area contributed by atoms with Gasteiger partial charge in [0.1, 0.15) is 4.76 Å². The summed E-state index contributed by atoms with van der Waals surface area (Å²) < 4.78 is 1.52. The van der Waals surface area contributed by atoms with Gasteiger partial charge in [-0.15, -0.1) is 4.74 Å². The van der Waals surface area contributed by atoms with Gasteiger partial charge in [-0.25, -0.2) is 4.98 Å². The average Bonchev–Trinajstić information content (AvgIpc) is 2.85. The maximum absolute atomic E-state index is 12.5. The lowest BCUT2D eigenvalue weighted by molar-refractivity contribution is -0.555. The number of benzene rings is 1. The van der Waals surface area contributed by atoms with Crippen LogP contribution in [0.4, 0.5) is 0 Å². The van der Waals surface area contributed by atoms with E-state index in [2.05, 4.69) is 9.97 Å². The molecule has 1 aromatic heterocycles. The number of hydroxylamine groups is 1. The second kappa shape index (κ2) is 3.65. The molecule has 2 aromatic rings. The van der Waals surface area contributed by atoms with E-state index >= 15 is 0 Å². The highest BCUT2D eigenvalue weighted by Gasteiger charge is 2.69. The molecule has 0 radical (unpaired) electrons. The standard InChI is InChI=1S/C14H17N4O2/c1-13(2)14(3,4)18(20)12(17(13)19)11-15-9-7-5-6-8-10(9)16-11/h5-8H,1-4H3,(H,15,16)/q+1. The van der Waals surface area contributed by atoms with Crippen molar-refractivity contribution in [3.05, 3.63) is 40.2 Å². The van der Waals surface area contributed by atoms with Crippen molar-refractivity contribution in [3.63, 3.8) is 0 Å². The molecule has 2 heterocycles. The van der Waals surface area contributed by atoms with Crippen LogP contribution in [0.5, 0.6) is 0 Å². The number of rotatable bonds is 1. The minimum Gasteiger partial charge on any atom is -0.618 e. The number of fused-ring (bicyclic) bond motifs is 1. The normalized spacial score (nSPS) is 20.9. The van der Waals surface area contributed by atoms with Gasteiger partial charge in [-0.1, -0.05) is 12.1 Å². The Balaban J connectivity index is 2.23. The fraction of sp³-hybridized carbons (Fsp3) is 0.429. The van der Waals surface area contributed by atoms with Crippen molar-refractivity contribution in [2.45, 2.75) is 38.8 Å². The Labute approximate surface area is 116 Å². The first kappa shape index (κ1) is 12.8. The van der Waals surface area contributed by atoms with E-state index in [0.717, 1.165) is 20.5 Å². The number of nitroso groups, excluding NO2 is 1. The van der Waals surface area contributed by atoms with E-state index < -0.39 is 11.1 Å². The number of amidine groups is 1. The monoisotopic (exact) mass is 273 g/mol. The number of H-pyrrole nitrogens is 1. The molecule has 1 aliphatic heterocycles. The molecule has 20 heavy (non-hydrogen) atoms. The molecule has 0 saturated heterocycles. The second-order valence-corrected chi connectivity index (χ2v) is 6.13. The molecule has 0 bridgehead atoms. The number of nitrogens with one attached hydrogen (secondary N) is 1. The molecular weight excluding hydrogens is 256 g/mol. The van der Waals surface area contributed by atoms with E-state index in [-0.39, 0.29) is 5.84 Å². The molecule has 0 spiro atoms. The van der Waals surface area contributed by atoms with E-state index in [0.29, 0.717) is 5.82 Å². The highest BCUT2D eigenvalue weighted by atomic mass is 16.5. The molecule has 0 aliphatic carbocycles. The van der Waals surface area contributed by atoms with E-state index in [1.54, 1.807) is 27.7 Å². The van der Waals surface area contributed by atoms with Gasteiger partial charge in [0.2, 0.25) is 5.54 Å². The van der Waals surface area contributed by atoms with E-state index in [1.165, 1.54) is 0 Å². The smallest absolute Gasteiger partial charge is 0.540 e. The summed E-state index contributed by atoms with van der Waals surface area (Å²) in [6.07, 6.45) is 0. The van der Waals surface area contributed by atoms with Gasteiger partial charge >= 0.3 is 5.84 Å². The zero-order chi connectivity index (χ0) is 14.7. The predicted molar refractivity (Wildman–Crippen MR) is 75.6 cm³/mol. The van der Waals surface area contributed by atoms with E-state index in [1.807, 2.05) is 24.3 Å². The number of hydrogen-bond acceptors (Lipinski definition) is 3. The van der Waals surface area contributed by atoms with Gasteiger partial charge in [0.05, 0.1) is 11.0 Å². The van der Waals surface area contributed by atoms with E-state index in [9.17, 15) is 10.1 Å². The molecule has 0 unspecified atom stereocenters. The lowest BCUT2D eigenvalue weighted by atomic mass is 9.84. The molecule has 0 fully saturated rings. The van der Waals surface area contributed by atoms with Crippen LogP contribution in [0, 0.1) is 10.1 Å². The summed E-state index contributed by atoms with van der Waals surface area (Å²) >= 11 is 0. The number of para-hydroxylation sites is 2. The fourth-order valence-electron chi connectivity index (χ4n) is 2.36. The number of hydrogen-bond donors (Lipinski definition) is 1. The van der Waals surface area contributed by atoms with Crippen LogP contribution >= 0.6 is 0 Å². The highest BCUT2D eigenvalue weighted by Crippen LogP contribution is 2.34. The van der Waals surface area contributed by atoms with Gasteiger partial charge in [0.25, 0.3) is 11.4 Å². The third-order valence-corrected chi connectivity index (χ3v) is 4.50. The Morgan fingerprint density at radius 3 is 2.35 bits per heavy atom. The highest BCUT2D eigenvalue weighted by molar-refractivity contribution is 5.90. The van der Waals surface area contributed by atoms with Crippen LogP contribution in [-0.4, -0.2) is 36.4 Å². The van der Waals surface area contributed by atoms with Gasteiger partial charge in [-0.2, -0.15) is 0 Å². The fourth-order valence-corrected chi connectivity index (χ4v) is 2.36. The summed E-state index contributed by atoms with van der Waals surface area (Å²) in [5, 5.41) is 12.5. The van der Waals surface area contributed by atoms with Crippen LogP contribution < -0.4 is 0 Å². The number of aromatic nitrogens is 2. The van der Waals surface area contributed by atoms with Crippen molar-refractivity contribution in [3.8, 4) is 0 Å². The van der Waals surface area contributed by atoms with Gasteiger partial charge in [0, 0.05) is 32.6 Å². The lowest BCUT2D eigenvalue weighted by Gasteiger charge is -2.22. The molecule has 3 rings (SSSR count). The molecular formula is C14H17N4O2+. The summed E-state index contributed by atoms with van der Waals surface area (Å²) in [4.78, 5) is 19.9. The zero-order valence-corrected chi connectivity index (χ0v) is 12.0. The van der Waals surface area contributed by atoms with Crippen LogP contribution in [0.1, 0.15) is 33.5 Å². The quantitative estimate of drug-likeness (QED) is 0.639. The second-order valence-electron chi connectivity index (χ2n) is 6.13. The SMILES string of the molecule is CC1(C)[N+](=O)C(c2nc3ccccc3[nH]2)=[N+]([O-])C1(C)C. The molecule has 6 heteroatoms. The molecule has 0 atom stereocenters. The lowest BCUT2D eigenvalue weighted by Crippen LogP contribution is -2.50. The largest absolute Gasteiger partial charge is 0.618 e. The zero-order valence-electron chi connectivity index (χ0n) is 12.0. The van der Waals surface area contributed by atoms with Crippen LogP contribution in [0.15, 0.2) is 24.3 Å². The van der Waals surface area contributed by atoms with Crippen LogP contribution in [-0.2, 0) is 0 Å². The summed E-state index contributed by atoms with van der Waals surface area (Å²) in [6.45, 7) is 7.06. The Morgan fingerprint density at radius 2 is 1.80 bits per heavy atom. The summed E-state index contributed by atoms with van der Waals surface area (Å²) in [6, 6.07) is 7.44. The molecule has 1 aromatic carbocycles. The Morgan fingerprint density at radius 1 is 1.15 bits per heavy atom. The minimum atomic E-state index is -0.830. The Hall–Kier alpha value is -2.24. The third-order valence-electron chi connectivity index (χ3n) is 4.50. The number of aromatic amines is 1. The first-order chi connectivity index (χ1) is 9.26. The third kappa shape index (κ3) is 1.39. The van der Waals surface area contributed by atoms with E-state index in [4.69, 9.17) is 0 Å². The average molecular weight is 273 g/mol. The molecule has 0 amide bonds. The first-order valence-electron chi connectivity index (χ1n) is 6.53. The first-order valence-corrected chi connectivity index (χ1v) is 6.53. The van der Waals surface area contributed by atoms with Crippen molar-refractivity contribution >= 4 is 16.9 Å². The maximum atomic E-state index is 12.5. The minimum absolute atomic E-state index is 0.0381. The van der Waals surface area contributed by atoms with Crippen molar-refractivity contribution in [2.24, 2.45) is 0 Å². The van der Waals surface area contributed by atoms with Crippen molar-refractivity contribution in [2.75, 3.05) is 0 Å². The molecule has 1 N–H and O–H groups in total. The van der Waals surface area contributed by atoms with Crippen molar-refractivity contribution in [1.82, 2.24) is 9.97 Å². The summed E-state index contributed by atoms with van der Waals surface area (Å²) in [5.74, 6) is 0.353. The molecule has 1 aliphatic rings. The molecule has 6 nitrogen and oxygen atoms in total. The Bertz CT molecular complexity index is 722. The van der Waals surface area contributed by atoms with Gasteiger partial charge in [-0.3, -0.25) is 0 Å². The van der Waals surface area contributed by atoms with Crippen LogP contribution in [0.25, 0.3) is 11.0 Å². The van der Waals surface area contributed by atoms with Gasteiger partial charge in [0.15, 0.2) is 0 Å². The van der Waals surface area contributed by atoms with Crippen LogP contribution in [0.2, 0.25) is 0 Å². The predicted octanol–water partition coefficient (Wildman–Crippen LogP) is 2.17. The van der Waals surface area contributed by atoms with Gasteiger partial charge in [-0.05, 0) is 12.1 Å². The topological polar surface area (TPSA) is 74.8 Å². The summed E-state index contributed by atoms with van der Waals surface area (Å²) in [5.41, 5.74) is -0.120. The Kier molecular flexibility index (Phi) is 2.33. The number of imidazole rings is 1. The van der Waals surface area contributed by atoms with Gasteiger partial charge < -0.3 is 10.2 Å². The number of nitrogens with zero attached hydrogens (tertiary/aromatic N) is 3. The summed E-state index contributed by atoms with van der Waals surface area (Å²) in [7, 11) is 0. The maximum Gasteiger partial charge on any atom is 0.540 e. The molecule has 104 valence electrons. The van der Waals surface area contributed by atoms with Crippen molar-refractivity contribution < 1.29 is 9.50 Å². The van der Waals surface area contributed by atoms with Crippen LogP contribution in [0.3, 0.4) is 0 Å².